The maximum atomic E-state index is 12.9. The van der Waals surface area contributed by atoms with Crippen LogP contribution in [-0.4, -0.2) is 22.4 Å². The van der Waals surface area contributed by atoms with Crippen molar-refractivity contribution >= 4 is 11.6 Å². The highest BCUT2D eigenvalue weighted by Crippen LogP contribution is 2.23. The molecule has 1 heterocycles. The van der Waals surface area contributed by atoms with Crippen LogP contribution >= 0.6 is 11.6 Å². The molecule has 0 radical (unpaired) electrons. The van der Waals surface area contributed by atoms with E-state index >= 15 is 0 Å². The summed E-state index contributed by atoms with van der Waals surface area (Å²) in [5.74, 6) is -0.0387. The van der Waals surface area contributed by atoms with Crippen molar-refractivity contribution in [3.05, 3.63) is 52.4 Å². The molecule has 100 valence electrons. The second-order valence-electron chi connectivity index (χ2n) is 3.96. The lowest BCUT2D eigenvalue weighted by molar-refractivity contribution is 0.172. The Balaban J connectivity index is 2.13. The molecule has 2 rings (SSSR count). The SMILES string of the molecule is COc1ccc(C(O)Cc2ccc(F)cc2Cl)nn1. The van der Waals surface area contributed by atoms with Crippen molar-refractivity contribution in [3.8, 4) is 5.88 Å². The topological polar surface area (TPSA) is 55.2 Å². The Morgan fingerprint density at radius 1 is 1.32 bits per heavy atom. The Morgan fingerprint density at radius 3 is 2.68 bits per heavy atom. The molecule has 1 N–H and O–H groups in total. The molecule has 1 aromatic carbocycles. The van der Waals surface area contributed by atoms with Crippen molar-refractivity contribution in [2.24, 2.45) is 0 Å². The molecule has 0 saturated heterocycles. The number of rotatable bonds is 4. The van der Waals surface area contributed by atoms with Crippen LogP contribution in [0.2, 0.25) is 5.02 Å². The maximum absolute atomic E-state index is 12.9. The van der Waals surface area contributed by atoms with E-state index in [0.717, 1.165) is 0 Å². The van der Waals surface area contributed by atoms with Gasteiger partial charge >= 0.3 is 0 Å². The van der Waals surface area contributed by atoms with Gasteiger partial charge in [0.05, 0.1) is 12.8 Å². The van der Waals surface area contributed by atoms with Gasteiger partial charge in [-0.1, -0.05) is 17.7 Å². The van der Waals surface area contributed by atoms with Crippen LogP contribution in [0.3, 0.4) is 0 Å². The number of hydrogen-bond donors (Lipinski definition) is 1. The average Bonchev–Trinajstić information content (AvgIpc) is 2.42. The fourth-order valence-electron chi connectivity index (χ4n) is 1.62. The second-order valence-corrected chi connectivity index (χ2v) is 4.36. The van der Waals surface area contributed by atoms with Crippen LogP contribution < -0.4 is 4.74 Å². The number of hydrogen-bond acceptors (Lipinski definition) is 4. The molecule has 1 atom stereocenters. The first-order valence-corrected chi connectivity index (χ1v) is 5.97. The van der Waals surface area contributed by atoms with Gasteiger partial charge < -0.3 is 9.84 Å². The average molecular weight is 283 g/mol. The van der Waals surface area contributed by atoms with E-state index in [2.05, 4.69) is 10.2 Å². The van der Waals surface area contributed by atoms with Gasteiger partial charge in [-0.05, 0) is 23.8 Å². The minimum Gasteiger partial charge on any atom is -0.480 e. The number of aromatic nitrogens is 2. The minimum absolute atomic E-state index is 0.236. The van der Waals surface area contributed by atoms with Crippen molar-refractivity contribution in [2.75, 3.05) is 7.11 Å². The lowest BCUT2D eigenvalue weighted by atomic mass is 10.1. The highest BCUT2D eigenvalue weighted by Gasteiger charge is 2.13. The minimum atomic E-state index is -0.860. The van der Waals surface area contributed by atoms with Crippen LogP contribution in [0.5, 0.6) is 5.88 Å². The molecule has 0 aliphatic rings. The Hall–Kier alpha value is -1.72. The summed E-state index contributed by atoms with van der Waals surface area (Å²) in [7, 11) is 1.48. The molecule has 1 unspecified atom stereocenters. The van der Waals surface area contributed by atoms with Gasteiger partial charge in [0.15, 0.2) is 0 Å². The van der Waals surface area contributed by atoms with Crippen LogP contribution in [0.4, 0.5) is 4.39 Å². The molecule has 0 bridgehead atoms. The van der Waals surface area contributed by atoms with Crippen LogP contribution in [0.25, 0.3) is 0 Å². The van der Waals surface area contributed by atoms with Crippen molar-refractivity contribution < 1.29 is 14.2 Å². The summed E-state index contributed by atoms with van der Waals surface area (Å²) < 4.78 is 17.8. The summed E-state index contributed by atoms with van der Waals surface area (Å²) >= 11 is 5.90. The van der Waals surface area contributed by atoms with Gasteiger partial charge in [-0.25, -0.2) is 4.39 Å². The monoisotopic (exact) mass is 282 g/mol. The molecule has 0 aliphatic heterocycles. The molecule has 4 nitrogen and oxygen atoms in total. The predicted molar refractivity (Wildman–Crippen MR) is 68.7 cm³/mol. The van der Waals surface area contributed by atoms with E-state index < -0.39 is 11.9 Å². The van der Waals surface area contributed by atoms with Gasteiger partial charge in [0.2, 0.25) is 5.88 Å². The van der Waals surface area contributed by atoms with Crippen LogP contribution in [0, 0.1) is 5.82 Å². The zero-order valence-corrected chi connectivity index (χ0v) is 10.9. The molecular formula is C13H12ClFN2O2. The lowest BCUT2D eigenvalue weighted by Crippen LogP contribution is -2.06. The third-order valence-electron chi connectivity index (χ3n) is 2.64. The highest BCUT2D eigenvalue weighted by molar-refractivity contribution is 6.31. The highest BCUT2D eigenvalue weighted by atomic mass is 35.5. The van der Waals surface area contributed by atoms with E-state index in [1.54, 1.807) is 12.1 Å². The summed E-state index contributed by atoms with van der Waals surface area (Å²) in [4.78, 5) is 0. The van der Waals surface area contributed by atoms with Crippen molar-refractivity contribution in [3.63, 3.8) is 0 Å². The van der Waals surface area contributed by atoms with Crippen molar-refractivity contribution in [1.29, 1.82) is 0 Å². The van der Waals surface area contributed by atoms with Gasteiger partial charge in [0.25, 0.3) is 0 Å². The van der Waals surface area contributed by atoms with E-state index in [1.807, 2.05) is 0 Å². The first-order chi connectivity index (χ1) is 9.10. The Labute approximate surface area is 114 Å². The lowest BCUT2D eigenvalue weighted by Gasteiger charge is -2.11. The number of methoxy groups -OCH3 is 1. The smallest absolute Gasteiger partial charge is 0.233 e. The van der Waals surface area contributed by atoms with E-state index in [4.69, 9.17) is 16.3 Å². The van der Waals surface area contributed by atoms with Crippen molar-refractivity contribution in [1.82, 2.24) is 10.2 Å². The zero-order chi connectivity index (χ0) is 13.8. The largest absolute Gasteiger partial charge is 0.480 e. The van der Waals surface area contributed by atoms with Crippen molar-refractivity contribution in [2.45, 2.75) is 12.5 Å². The summed E-state index contributed by atoms with van der Waals surface area (Å²) in [5, 5.41) is 17.9. The third-order valence-corrected chi connectivity index (χ3v) is 2.99. The van der Waals surface area contributed by atoms with Crippen LogP contribution in [-0.2, 0) is 6.42 Å². The molecule has 0 aliphatic carbocycles. The van der Waals surface area contributed by atoms with E-state index in [9.17, 15) is 9.50 Å². The number of ether oxygens (including phenoxy) is 1. The van der Waals surface area contributed by atoms with E-state index in [1.165, 1.54) is 25.3 Å². The molecule has 0 fully saturated rings. The number of benzene rings is 1. The van der Waals surface area contributed by atoms with Gasteiger partial charge in [-0.3, -0.25) is 0 Å². The molecular weight excluding hydrogens is 271 g/mol. The fraction of sp³-hybridized carbons (Fsp3) is 0.231. The summed E-state index contributed by atoms with van der Waals surface area (Å²) in [6.07, 6.45) is -0.624. The predicted octanol–water partition coefficient (Wildman–Crippen LogP) is 2.55. The molecule has 2 aromatic rings. The molecule has 19 heavy (non-hydrogen) atoms. The fourth-order valence-corrected chi connectivity index (χ4v) is 1.86. The van der Waals surface area contributed by atoms with E-state index in [-0.39, 0.29) is 11.4 Å². The Kier molecular flexibility index (Phi) is 4.29. The Bertz CT molecular complexity index is 563. The maximum Gasteiger partial charge on any atom is 0.233 e. The standard InChI is InChI=1S/C13H12ClFN2O2/c1-19-13-5-4-11(16-17-13)12(18)6-8-2-3-9(15)7-10(8)14/h2-5,7,12,18H,6H2,1H3. The first-order valence-electron chi connectivity index (χ1n) is 5.59. The molecule has 0 spiro atoms. The number of aliphatic hydroxyl groups excluding tert-OH is 1. The van der Waals surface area contributed by atoms with E-state index in [0.29, 0.717) is 17.1 Å². The zero-order valence-electron chi connectivity index (χ0n) is 10.2. The summed E-state index contributed by atoms with van der Waals surface area (Å²) in [6, 6.07) is 7.28. The van der Waals surface area contributed by atoms with Gasteiger partial charge in [-0.2, -0.15) is 0 Å². The molecule has 6 heteroatoms. The third kappa shape index (κ3) is 3.39. The van der Waals surface area contributed by atoms with Gasteiger partial charge in [0, 0.05) is 17.5 Å². The van der Waals surface area contributed by atoms with Crippen LogP contribution in [0.1, 0.15) is 17.4 Å². The number of aliphatic hydroxyl groups is 1. The Morgan fingerprint density at radius 2 is 2.11 bits per heavy atom. The first kappa shape index (κ1) is 13.7. The summed E-state index contributed by atoms with van der Waals surface area (Å²) in [6.45, 7) is 0. The summed E-state index contributed by atoms with van der Waals surface area (Å²) in [5.41, 5.74) is 1.05. The van der Waals surface area contributed by atoms with Crippen LogP contribution in [0.15, 0.2) is 30.3 Å². The normalized spacial score (nSPS) is 12.2. The number of halogens is 2. The second kappa shape index (κ2) is 5.95. The van der Waals surface area contributed by atoms with Gasteiger partial charge in [-0.15, -0.1) is 10.2 Å². The molecule has 0 amide bonds. The van der Waals surface area contributed by atoms with Gasteiger partial charge in [0.1, 0.15) is 11.9 Å². The quantitative estimate of drug-likeness (QED) is 0.936. The molecule has 0 saturated carbocycles. The molecule has 1 aromatic heterocycles. The number of nitrogens with zero attached hydrogens (tertiary/aromatic N) is 2.